The molecular formula is C12H25N3O2. The topological polar surface area (TPSA) is 89.4 Å². The third-order valence-corrected chi connectivity index (χ3v) is 2.44. The van der Waals surface area contributed by atoms with Crippen LogP contribution in [0.4, 0.5) is 0 Å². The van der Waals surface area contributed by atoms with Gasteiger partial charge in [-0.15, -0.1) is 0 Å². The number of amides is 2. The molecule has 4 N–H and O–H groups in total. The van der Waals surface area contributed by atoms with Crippen LogP contribution in [0.15, 0.2) is 0 Å². The molecular weight excluding hydrogens is 218 g/mol. The zero-order valence-electron chi connectivity index (χ0n) is 11.5. The summed E-state index contributed by atoms with van der Waals surface area (Å²) in [5.74, 6) is -0.462. The molecule has 5 heteroatoms. The Morgan fingerprint density at radius 3 is 2.00 bits per heavy atom. The lowest BCUT2D eigenvalue weighted by Gasteiger charge is -2.32. The molecule has 0 aromatic rings. The largest absolute Gasteiger partial charge is 0.368 e. The molecule has 0 rings (SSSR count). The molecule has 0 aliphatic heterocycles. The molecule has 0 aliphatic rings. The van der Waals surface area contributed by atoms with Crippen LogP contribution in [0.3, 0.4) is 0 Å². The van der Waals surface area contributed by atoms with Crippen LogP contribution in [0.1, 0.15) is 34.6 Å². The van der Waals surface area contributed by atoms with Crippen molar-refractivity contribution in [2.45, 2.75) is 40.7 Å². The molecule has 5 nitrogen and oxygen atoms in total. The number of hydrogen-bond donors (Lipinski definition) is 2. The predicted molar refractivity (Wildman–Crippen MR) is 68.0 cm³/mol. The summed E-state index contributed by atoms with van der Waals surface area (Å²) in [6.45, 7) is 10.1. The van der Waals surface area contributed by atoms with Crippen LogP contribution < -0.4 is 11.5 Å². The van der Waals surface area contributed by atoms with Gasteiger partial charge in [-0.2, -0.15) is 0 Å². The monoisotopic (exact) mass is 243 g/mol. The highest BCUT2D eigenvalue weighted by molar-refractivity contribution is 5.87. The van der Waals surface area contributed by atoms with Crippen LogP contribution in [-0.2, 0) is 9.59 Å². The zero-order valence-corrected chi connectivity index (χ0v) is 11.5. The second-order valence-electron chi connectivity index (χ2n) is 5.92. The van der Waals surface area contributed by atoms with Gasteiger partial charge in [0.2, 0.25) is 11.8 Å². The molecule has 0 fully saturated rings. The Morgan fingerprint density at radius 2 is 1.71 bits per heavy atom. The van der Waals surface area contributed by atoms with Crippen molar-refractivity contribution in [3.63, 3.8) is 0 Å². The number of carbonyl (C=O) groups is 2. The van der Waals surface area contributed by atoms with Gasteiger partial charge in [0, 0.05) is 6.54 Å². The number of nitrogens with zero attached hydrogens (tertiary/aromatic N) is 1. The van der Waals surface area contributed by atoms with Gasteiger partial charge < -0.3 is 16.4 Å². The Kier molecular flexibility index (Phi) is 5.61. The van der Waals surface area contributed by atoms with Gasteiger partial charge in [-0.25, -0.2) is 0 Å². The highest BCUT2D eigenvalue weighted by atomic mass is 16.2. The normalized spacial score (nSPS) is 13.6. The van der Waals surface area contributed by atoms with E-state index in [2.05, 4.69) is 0 Å². The Bertz CT molecular complexity index is 282. The van der Waals surface area contributed by atoms with Crippen molar-refractivity contribution >= 4 is 11.8 Å². The average molecular weight is 243 g/mol. The summed E-state index contributed by atoms with van der Waals surface area (Å²) < 4.78 is 0. The van der Waals surface area contributed by atoms with Crippen LogP contribution in [-0.4, -0.2) is 35.8 Å². The summed E-state index contributed by atoms with van der Waals surface area (Å²) >= 11 is 0. The number of carbonyl (C=O) groups excluding carboxylic acids is 2. The quantitative estimate of drug-likeness (QED) is 0.729. The van der Waals surface area contributed by atoms with Gasteiger partial charge in [0.15, 0.2) is 0 Å². The van der Waals surface area contributed by atoms with Crippen molar-refractivity contribution < 1.29 is 9.59 Å². The minimum absolute atomic E-state index is 0.0687. The van der Waals surface area contributed by atoms with Gasteiger partial charge in [-0.3, -0.25) is 9.59 Å². The van der Waals surface area contributed by atoms with Gasteiger partial charge in [-0.05, 0) is 11.3 Å². The van der Waals surface area contributed by atoms with Crippen molar-refractivity contribution in [1.29, 1.82) is 0 Å². The lowest BCUT2D eigenvalue weighted by atomic mass is 9.86. The molecule has 17 heavy (non-hydrogen) atoms. The van der Waals surface area contributed by atoms with Gasteiger partial charge in [-0.1, -0.05) is 34.6 Å². The van der Waals surface area contributed by atoms with E-state index < -0.39 is 11.9 Å². The van der Waals surface area contributed by atoms with Crippen LogP contribution in [0.25, 0.3) is 0 Å². The summed E-state index contributed by atoms with van der Waals surface area (Å²) in [6.07, 6.45) is 0. The number of rotatable bonds is 5. The lowest BCUT2D eigenvalue weighted by Crippen LogP contribution is -2.53. The average Bonchev–Trinajstić information content (AvgIpc) is 2.11. The smallest absolute Gasteiger partial charge is 0.240 e. The molecule has 2 amide bonds. The van der Waals surface area contributed by atoms with Crippen molar-refractivity contribution in [2.24, 2.45) is 22.8 Å². The first-order valence-corrected chi connectivity index (χ1v) is 5.88. The third-order valence-electron chi connectivity index (χ3n) is 2.44. The van der Waals surface area contributed by atoms with E-state index in [4.69, 9.17) is 11.5 Å². The first-order chi connectivity index (χ1) is 7.55. The van der Waals surface area contributed by atoms with Gasteiger partial charge in [0.05, 0.1) is 12.6 Å². The SMILES string of the molecule is CC(C)CN(CC(N)=O)C(=O)[C@@H](N)C(C)(C)C. The highest BCUT2D eigenvalue weighted by Crippen LogP contribution is 2.19. The van der Waals surface area contributed by atoms with E-state index in [1.54, 1.807) is 0 Å². The Morgan fingerprint density at radius 1 is 1.24 bits per heavy atom. The number of hydrogen-bond acceptors (Lipinski definition) is 3. The number of nitrogens with two attached hydrogens (primary N) is 2. The standard InChI is InChI=1S/C12H25N3O2/c1-8(2)6-15(7-9(13)16)11(17)10(14)12(3,4)5/h8,10H,6-7,14H2,1-5H3,(H2,13,16)/t10-/m1/s1. The maximum absolute atomic E-state index is 12.2. The van der Waals surface area contributed by atoms with Crippen molar-refractivity contribution in [2.75, 3.05) is 13.1 Å². The fraction of sp³-hybridized carbons (Fsp3) is 0.833. The molecule has 0 saturated heterocycles. The Labute approximate surface area is 104 Å². The Balaban J connectivity index is 4.80. The number of primary amides is 1. The fourth-order valence-electron chi connectivity index (χ4n) is 1.43. The molecule has 0 bridgehead atoms. The van der Waals surface area contributed by atoms with E-state index in [0.717, 1.165) is 0 Å². The molecule has 0 spiro atoms. The molecule has 0 aromatic carbocycles. The minimum atomic E-state index is -0.624. The second kappa shape index (κ2) is 6.00. The highest BCUT2D eigenvalue weighted by Gasteiger charge is 2.31. The van der Waals surface area contributed by atoms with Crippen molar-refractivity contribution in [3.8, 4) is 0 Å². The lowest BCUT2D eigenvalue weighted by molar-refractivity contribution is -0.138. The molecule has 0 aromatic heterocycles. The van der Waals surface area contributed by atoms with Gasteiger partial charge in [0.1, 0.15) is 0 Å². The van der Waals surface area contributed by atoms with Crippen molar-refractivity contribution in [1.82, 2.24) is 4.90 Å². The molecule has 0 unspecified atom stereocenters. The third kappa shape index (κ3) is 5.68. The van der Waals surface area contributed by atoms with E-state index in [1.807, 2.05) is 34.6 Å². The summed E-state index contributed by atoms with van der Waals surface area (Å²) in [6, 6.07) is -0.624. The van der Waals surface area contributed by atoms with Crippen LogP contribution in [0, 0.1) is 11.3 Å². The maximum Gasteiger partial charge on any atom is 0.240 e. The van der Waals surface area contributed by atoms with Crippen LogP contribution >= 0.6 is 0 Å². The molecule has 0 aliphatic carbocycles. The molecule has 100 valence electrons. The molecule has 0 heterocycles. The molecule has 0 saturated carbocycles. The fourth-order valence-corrected chi connectivity index (χ4v) is 1.43. The van der Waals surface area contributed by atoms with Gasteiger partial charge >= 0.3 is 0 Å². The Hall–Kier alpha value is -1.10. The zero-order chi connectivity index (χ0) is 13.8. The van der Waals surface area contributed by atoms with Crippen LogP contribution in [0.5, 0.6) is 0 Å². The molecule has 0 radical (unpaired) electrons. The van der Waals surface area contributed by atoms with Gasteiger partial charge in [0.25, 0.3) is 0 Å². The van der Waals surface area contributed by atoms with E-state index in [1.165, 1.54) is 4.90 Å². The van der Waals surface area contributed by atoms with E-state index in [0.29, 0.717) is 6.54 Å². The van der Waals surface area contributed by atoms with Crippen molar-refractivity contribution in [3.05, 3.63) is 0 Å². The van der Waals surface area contributed by atoms with E-state index in [9.17, 15) is 9.59 Å². The first kappa shape index (κ1) is 15.9. The summed E-state index contributed by atoms with van der Waals surface area (Å²) in [5, 5.41) is 0. The summed E-state index contributed by atoms with van der Waals surface area (Å²) in [4.78, 5) is 24.6. The predicted octanol–water partition coefficient (Wildman–Crippen LogP) is 0.330. The maximum atomic E-state index is 12.2. The minimum Gasteiger partial charge on any atom is -0.368 e. The van der Waals surface area contributed by atoms with E-state index >= 15 is 0 Å². The second-order valence-corrected chi connectivity index (χ2v) is 5.92. The van der Waals surface area contributed by atoms with E-state index in [-0.39, 0.29) is 23.8 Å². The first-order valence-electron chi connectivity index (χ1n) is 5.88. The van der Waals surface area contributed by atoms with Crippen LogP contribution in [0.2, 0.25) is 0 Å². The molecule has 1 atom stereocenters. The summed E-state index contributed by atoms with van der Waals surface area (Å²) in [5.41, 5.74) is 10.7. The summed E-state index contributed by atoms with van der Waals surface area (Å²) in [7, 11) is 0.